The summed E-state index contributed by atoms with van der Waals surface area (Å²) in [6.07, 6.45) is 3.25. The second-order valence-corrected chi connectivity index (χ2v) is 7.78. The monoisotopic (exact) mass is 464 g/mol. The number of para-hydroxylation sites is 1. The van der Waals surface area contributed by atoms with Gasteiger partial charge in [-0.25, -0.2) is 0 Å². The molecule has 1 unspecified atom stereocenters. The minimum atomic E-state index is -0.899. The summed E-state index contributed by atoms with van der Waals surface area (Å²) in [5, 5.41) is 11.5. The van der Waals surface area contributed by atoms with Crippen LogP contribution in [0.5, 0.6) is 11.5 Å². The third-order valence-electron chi connectivity index (χ3n) is 5.48. The number of Topliss-reactive ketones (excluding diaryl/α,β-unsaturated/α-hetero) is 1. The first-order valence-electron chi connectivity index (χ1n) is 10.1. The maximum Gasteiger partial charge on any atom is 0.295 e. The average molecular weight is 465 g/mol. The van der Waals surface area contributed by atoms with Crippen molar-refractivity contribution in [1.29, 1.82) is 0 Å². The molecule has 0 radical (unpaired) electrons. The fourth-order valence-electron chi connectivity index (χ4n) is 3.91. The second-order valence-electron chi connectivity index (χ2n) is 7.38. The average Bonchev–Trinajstić information content (AvgIpc) is 3.09. The summed E-state index contributed by atoms with van der Waals surface area (Å²) in [6.45, 7) is 0.115. The minimum absolute atomic E-state index is 0.0801. The Balaban J connectivity index is 1.94. The van der Waals surface area contributed by atoms with E-state index in [1.807, 2.05) is 6.07 Å². The van der Waals surface area contributed by atoms with Gasteiger partial charge in [-0.1, -0.05) is 35.9 Å². The van der Waals surface area contributed by atoms with Crippen molar-refractivity contribution in [2.75, 3.05) is 14.2 Å². The van der Waals surface area contributed by atoms with Crippen LogP contribution in [0.15, 0.2) is 72.6 Å². The quantitative estimate of drug-likeness (QED) is 0.331. The molecule has 1 fully saturated rings. The number of pyridine rings is 1. The van der Waals surface area contributed by atoms with Crippen molar-refractivity contribution >= 4 is 29.1 Å². The number of hydrogen-bond donors (Lipinski definition) is 1. The maximum atomic E-state index is 13.2. The third kappa shape index (κ3) is 4.15. The van der Waals surface area contributed by atoms with Gasteiger partial charge in [-0.05, 0) is 35.9 Å². The Bertz CT molecular complexity index is 1240. The fourth-order valence-corrected chi connectivity index (χ4v) is 4.11. The number of nitrogens with zero attached hydrogens (tertiary/aromatic N) is 2. The first-order valence-corrected chi connectivity index (χ1v) is 10.5. The Hall–Kier alpha value is -3.84. The standard InChI is InChI=1S/C25H21ClN2O5/c1-32-16-9-10-19(26)18(12-16)23(29)21-22(17-7-3-4-8-20(17)33-2)28(25(31)24(21)30)14-15-6-5-11-27-13-15/h3-13,22,29H,14H2,1-2H3/b23-21+. The van der Waals surface area contributed by atoms with E-state index in [-0.39, 0.29) is 28.5 Å². The van der Waals surface area contributed by atoms with Crippen molar-refractivity contribution in [2.45, 2.75) is 12.6 Å². The van der Waals surface area contributed by atoms with E-state index in [4.69, 9.17) is 21.1 Å². The molecular formula is C25H21ClN2O5. The Morgan fingerprint density at radius 1 is 1.09 bits per heavy atom. The van der Waals surface area contributed by atoms with Crippen molar-refractivity contribution in [3.63, 3.8) is 0 Å². The largest absolute Gasteiger partial charge is 0.507 e. The van der Waals surface area contributed by atoms with Gasteiger partial charge in [-0.2, -0.15) is 0 Å². The van der Waals surface area contributed by atoms with E-state index in [9.17, 15) is 14.7 Å². The number of likely N-dealkylation sites (tertiary alicyclic amines) is 1. The lowest BCUT2D eigenvalue weighted by atomic mass is 9.94. The number of rotatable bonds is 6. The number of carbonyl (C=O) groups is 2. The van der Waals surface area contributed by atoms with Gasteiger partial charge in [0, 0.05) is 30.1 Å². The molecule has 4 rings (SSSR count). The first-order chi connectivity index (χ1) is 16.0. The molecule has 0 bridgehead atoms. The summed E-state index contributed by atoms with van der Waals surface area (Å²) in [7, 11) is 2.99. The molecule has 1 aromatic heterocycles. The molecule has 8 heteroatoms. The highest BCUT2D eigenvalue weighted by Gasteiger charge is 2.47. The number of ketones is 1. The smallest absolute Gasteiger partial charge is 0.295 e. The van der Waals surface area contributed by atoms with Crippen molar-refractivity contribution in [3.8, 4) is 11.5 Å². The zero-order valence-electron chi connectivity index (χ0n) is 18.0. The number of carbonyl (C=O) groups excluding carboxylic acids is 2. The van der Waals surface area contributed by atoms with Crippen LogP contribution < -0.4 is 9.47 Å². The lowest BCUT2D eigenvalue weighted by Crippen LogP contribution is -2.29. The maximum absolute atomic E-state index is 13.2. The van der Waals surface area contributed by atoms with Gasteiger partial charge < -0.3 is 19.5 Å². The fraction of sp³-hybridized carbons (Fsp3) is 0.160. The number of hydrogen-bond acceptors (Lipinski definition) is 6. The van der Waals surface area contributed by atoms with Crippen LogP contribution in [0.1, 0.15) is 22.7 Å². The number of methoxy groups -OCH3 is 2. The SMILES string of the molecule is COc1ccc(Cl)c(/C(O)=C2\C(=O)C(=O)N(Cc3cccnc3)C2c2ccccc2OC)c1. The molecule has 0 saturated carbocycles. The summed E-state index contributed by atoms with van der Waals surface area (Å²) >= 11 is 6.34. The number of aliphatic hydroxyl groups excluding tert-OH is 1. The molecule has 7 nitrogen and oxygen atoms in total. The van der Waals surface area contributed by atoms with Crippen LogP contribution in [0.4, 0.5) is 0 Å². The first kappa shape index (κ1) is 22.4. The van der Waals surface area contributed by atoms with Crippen LogP contribution in [-0.2, 0) is 16.1 Å². The van der Waals surface area contributed by atoms with Gasteiger partial charge in [0.2, 0.25) is 0 Å². The zero-order valence-corrected chi connectivity index (χ0v) is 18.7. The summed E-state index contributed by atoms with van der Waals surface area (Å²) in [6, 6.07) is 14.4. The van der Waals surface area contributed by atoms with Crippen LogP contribution >= 0.6 is 11.6 Å². The van der Waals surface area contributed by atoms with Gasteiger partial charge in [0.15, 0.2) is 0 Å². The van der Waals surface area contributed by atoms with Crippen LogP contribution in [0, 0.1) is 0 Å². The molecule has 0 aliphatic carbocycles. The summed E-state index contributed by atoms with van der Waals surface area (Å²) in [5.74, 6) is -1.02. The number of halogens is 1. The molecule has 168 valence electrons. The molecule has 1 aliphatic heterocycles. The van der Waals surface area contributed by atoms with Crippen LogP contribution in [-0.4, -0.2) is 40.9 Å². The van der Waals surface area contributed by atoms with E-state index in [0.717, 1.165) is 5.56 Å². The molecular weight excluding hydrogens is 444 g/mol. The number of ether oxygens (including phenoxy) is 2. The summed E-state index contributed by atoms with van der Waals surface area (Å²) < 4.78 is 10.7. The molecule has 3 aromatic rings. The highest BCUT2D eigenvalue weighted by molar-refractivity contribution is 6.47. The molecule has 1 amide bonds. The Morgan fingerprint density at radius 3 is 2.58 bits per heavy atom. The summed E-state index contributed by atoms with van der Waals surface area (Å²) in [4.78, 5) is 31.9. The van der Waals surface area contributed by atoms with Crippen molar-refractivity contribution in [3.05, 3.63) is 94.3 Å². The van der Waals surface area contributed by atoms with Crippen LogP contribution in [0.3, 0.4) is 0 Å². The number of aromatic nitrogens is 1. The van der Waals surface area contributed by atoms with E-state index in [2.05, 4.69) is 4.98 Å². The van der Waals surface area contributed by atoms with Gasteiger partial charge in [-0.3, -0.25) is 14.6 Å². The Morgan fingerprint density at radius 2 is 1.88 bits per heavy atom. The van der Waals surface area contributed by atoms with Gasteiger partial charge in [0.1, 0.15) is 17.3 Å². The molecule has 2 heterocycles. The Labute approximate surface area is 195 Å². The van der Waals surface area contributed by atoms with Crippen molar-refractivity contribution in [2.24, 2.45) is 0 Å². The molecule has 33 heavy (non-hydrogen) atoms. The lowest BCUT2D eigenvalue weighted by Gasteiger charge is -2.26. The van der Waals surface area contributed by atoms with E-state index < -0.39 is 17.7 Å². The molecule has 1 aliphatic rings. The highest BCUT2D eigenvalue weighted by atomic mass is 35.5. The zero-order chi connectivity index (χ0) is 23.5. The predicted molar refractivity (Wildman–Crippen MR) is 123 cm³/mol. The van der Waals surface area contributed by atoms with E-state index >= 15 is 0 Å². The van der Waals surface area contributed by atoms with Gasteiger partial charge in [-0.15, -0.1) is 0 Å². The Kier molecular flexibility index (Phi) is 6.33. The number of benzene rings is 2. The van der Waals surface area contributed by atoms with Crippen LogP contribution in [0.25, 0.3) is 5.76 Å². The molecule has 1 atom stereocenters. The number of amides is 1. The third-order valence-corrected chi connectivity index (χ3v) is 5.81. The highest BCUT2D eigenvalue weighted by Crippen LogP contribution is 2.44. The van der Waals surface area contributed by atoms with Crippen molar-refractivity contribution < 1.29 is 24.2 Å². The normalized spacial score (nSPS) is 17.3. The minimum Gasteiger partial charge on any atom is -0.507 e. The van der Waals surface area contributed by atoms with E-state index in [0.29, 0.717) is 17.1 Å². The molecule has 2 aromatic carbocycles. The van der Waals surface area contributed by atoms with Crippen molar-refractivity contribution in [1.82, 2.24) is 9.88 Å². The van der Waals surface area contributed by atoms with E-state index in [1.54, 1.807) is 54.9 Å². The summed E-state index contributed by atoms with van der Waals surface area (Å²) in [5.41, 5.74) is 1.40. The predicted octanol–water partition coefficient (Wildman–Crippen LogP) is 4.37. The van der Waals surface area contributed by atoms with Gasteiger partial charge in [0.25, 0.3) is 11.7 Å². The number of aliphatic hydroxyl groups is 1. The lowest BCUT2D eigenvalue weighted by molar-refractivity contribution is -0.140. The van der Waals surface area contributed by atoms with Gasteiger partial charge >= 0.3 is 0 Å². The van der Waals surface area contributed by atoms with Gasteiger partial charge in [0.05, 0.1) is 30.9 Å². The second kappa shape index (κ2) is 9.34. The molecule has 1 saturated heterocycles. The molecule has 0 spiro atoms. The van der Waals surface area contributed by atoms with E-state index in [1.165, 1.54) is 25.2 Å². The molecule has 1 N–H and O–H groups in total. The van der Waals surface area contributed by atoms with Crippen LogP contribution in [0.2, 0.25) is 5.02 Å². The topological polar surface area (TPSA) is 89.0 Å².